The first-order chi connectivity index (χ1) is 17.0. The zero-order chi connectivity index (χ0) is 26.6. The standard InChI is InChI=1S/C28H34N2O5S/c1-18-8-10-25(21(4)13-18)22(5)29-28(31)17-30(23-14-19(2)12-20(3)15-23)36(32,33)24-9-11-26(34-6)27(16-24)35-7/h8-16,22H,17H2,1-7H3,(H,29,31)/t22-/m1/s1. The van der Waals surface area contributed by atoms with Crippen LogP contribution >= 0.6 is 0 Å². The van der Waals surface area contributed by atoms with E-state index in [9.17, 15) is 13.2 Å². The van der Waals surface area contributed by atoms with Crippen molar-refractivity contribution in [3.63, 3.8) is 0 Å². The summed E-state index contributed by atoms with van der Waals surface area (Å²) in [6.07, 6.45) is 0. The van der Waals surface area contributed by atoms with Gasteiger partial charge < -0.3 is 14.8 Å². The zero-order valence-corrected chi connectivity index (χ0v) is 22.7. The highest BCUT2D eigenvalue weighted by Crippen LogP contribution is 2.32. The van der Waals surface area contributed by atoms with E-state index in [0.717, 1.165) is 32.1 Å². The van der Waals surface area contributed by atoms with Gasteiger partial charge in [-0.25, -0.2) is 8.42 Å². The van der Waals surface area contributed by atoms with E-state index in [0.29, 0.717) is 11.4 Å². The molecule has 7 nitrogen and oxygen atoms in total. The molecule has 36 heavy (non-hydrogen) atoms. The lowest BCUT2D eigenvalue weighted by Crippen LogP contribution is -2.41. The Morgan fingerprint density at radius 3 is 2.08 bits per heavy atom. The summed E-state index contributed by atoms with van der Waals surface area (Å²) < 4.78 is 39.4. The minimum atomic E-state index is -4.12. The Balaban J connectivity index is 1.99. The van der Waals surface area contributed by atoms with Crippen molar-refractivity contribution in [1.82, 2.24) is 5.32 Å². The molecule has 3 aromatic rings. The summed E-state index contributed by atoms with van der Waals surface area (Å²) in [6, 6.07) is 15.6. The quantitative estimate of drug-likeness (QED) is 0.437. The van der Waals surface area contributed by atoms with Crippen LogP contribution in [0.5, 0.6) is 11.5 Å². The van der Waals surface area contributed by atoms with Crippen molar-refractivity contribution in [3.8, 4) is 11.5 Å². The maximum atomic E-state index is 13.9. The monoisotopic (exact) mass is 510 g/mol. The molecule has 0 bridgehead atoms. The normalized spacial score (nSPS) is 12.1. The summed E-state index contributed by atoms with van der Waals surface area (Å²) in [4.78, 5) is 13.2. The van der Waals surface area contributed by atoms with Gasteiger partial charge in [0.2, 0.25) is 5.91 Å². The van der Waals surface area contributed by atoms with E-state index in [4.69, 9.17) is 9.47 Å². The molecule has 0 saturated heterocycles. The van der Waals surface area contributed by atoms with Gasteiger partial charge >= 0.3 is 0 Å². The van der Waals surface area contributed by atoms with Crippen molar-refractivity contribution < 1.29 is 22.7 Å². The predicted octanol–water partition coefficient (Wildman–Crippen LogP) is 5.01. The van der Waals surface area contributed by atoms with Gasteiger partial charge in [-0.15, -0.1) is 0 Å². The number of benzene rings is 3. The minimum absolute atomic E-state index is 0.00506. The smallest absolute Gasteiger partial charge is 0.264 e. The second-order valence-corrected chi connectivity index (χ2v) is 10.9. The Bertz CT molecular complexity index is 1350. The molecule has 0 heterocycles. The van der Waals surface area contributed by atoms with Crippen molar-refractivity contribution in [3.05, 3.63) is 82.4 Å². The van der Waals surface area contributed by atoms with Crippen LogP contribution in [0.3, 0.4) is 0 Å². The number of aryl methyl sites for hydroxylation is 4. The molecule has 0 unspecified atom stereocenters. The molecule has 0 fully saturated rings. The number of hydrogen-bond acceptors (Lipinski definition) is 5. The molecule has 0 aromatic heterocycles. The van der Waals surface area contributed by atoms with Crippen LogP contribution in [-0.2, 0) is 14.8 Å². The Labute approximate surface area is 214 Å². The first-order valence-corrected chi connectivity index (χ1v) is 13.1. The Kier molecular flexibility index (Phi) is 8.30. The number of anilines is 1. The van der Waals surface area contributed by atoms with E-state index in [2.05, 4.69) is 11.4 Å². The van der Waals surface area contributed by atoms with Crippen LogP contribution in [0.4, 0.5) is 5.69 Å². The van der Waals surface area contributed by atoms with E-state index in [1.165, 1.54) is 32.4 Å². The number of hydrogen-bond donors (Lipinski definition) is 1. The van der Waals surface area contributed by atoms with Crippen LogP contribution in [-0.4, -0.2) is 35.1 Å². The van der Waals surface area contributed by atoms with Crippen LogP contribution in [0, 0.1) is 27.7 Å². The highest BCUT2D eigenvalue weighted by atomic mass is 32.2. The number of nitrogens with one attached hydrogen (secondary N) is 1. The van der Waals surface area contributed by atoms with Crippen molar-refractivity contribution in [1.29, 1.82) is 0 Å². The fourth-order valence-corrected chi connectivity index (χ4v) is 5.74. The molecular weight excluding hydrogens is 476 g/mol. The third-order valence-electron chi connectivity index (χ3n) is 5.99. The van der Waals surface area contributed by atoms with Gasteiger partial charge in [0.05, 0.1) is 30.8 Å². The first-order valence-electron chi connectivity index (χ1n) is 11.7. The molecule has 3 aromatic carbocycles. The number of sulfonamides is 1. The lowest BCUT2D eigenvalue weighted by molar-refractivity contribution is -0.120. The van der Waals surface area contributed by atoms with Gasteiger partial charge in [0.25, 0.3) is 10.0 Å². The average molecular weight is 511 g/mol. The fourth-order valence-electron chi connectivity index (χ4n) is 4.32. The predicted molar refractivity (Wildman–Crippen MR) is 142 cm³/mol. The van der Waals surface area contributed by atoms with Crippen LogP contribution in [0.2, 0.25) is 0 Å². The topological polar surface area (TPSA) is 84.9 Å². The lowest BCUT2D eigenvalue weighted by atomic mass is 10.0. The molecule has 0 aliphatic heterocycles. The van der Waals surface area contributed by atoms with Crippen LogP contribution < -0.4 is 19.1 Å². The molecule has 0 saturated carbocycles. The second-order valence-electron chi connectivity index (χ2n) is 9.02. The van der Waals surface area contributed by atoms with Gasteiger partial charge in [0, 0.05) is 6.07 Å². The summed E-state index contributed by atoms with van der Waals surface area (Å²) in [5.41, 5.74) is 5.37. The largest absolute Gasteiger partial charge is 0.493 e. The molecular formula is C28H34N2O5S. The van der Waals surface area contributed by atoms with Crippen molar-refractivity contribution in [2.24, 2.45) is 0 Å². The fraction of sp³-hybridized carbons (Fsp3) is 0.321. The van der Waals surface area contributed by atoms with Gasteiger partial charge in [-0.1, -0.05) is 29.8 Å². The van der Waals surface area contributed by atoms with Gasteiger partial charge in [-0.3, -0.25) is 9.10 Å². The van der Waals surface area contributed by atoms with Crippen LogP contribution in [0.15, 0.2) is 59.5 Å². The maximum Gasteiger partial charge on any atom is 0.264 e. The number of carbonyl (C=O) groups excluding carboxylic acids is 1. The number of methoxy groups -OCH3 is 2. The number of nitrogens with zero attached hydrogens (tertiary/aromatic N) is 1. The van der Waals surface area contributed by atoms with Crippen LogP contribution in [0.1, 0.15) is 40.8 Å². The Morgan fingerprint density at radius 2 is 1.50 bits per heavy atom. The highest BCUT2D eigenvalue weighted by molar-refractivity contribution is 7.92. The van der Waals surface area contributed by atoms with E-state index in [1.807, 2.05) is 52.8 Å². The molecule has 0 spiro atoms. The third-order valence-corrected chi connectivity index (χ3v) is 7.76. The van der Waals surface area contributed by atoms with E-state index >= 15 is 0 Å². The van der Waals surface area contributed by atoms with Crippen molar-refractivity contribution >= 4 is 21.6 Å². The molecule has 1 atom stereocenters. The van der Waals surface area contributed by atoms with E-state index in [1.54, 1.807) is 12.1 Å². The van der Waals surface area contributed by atoms with Gasteiger partial charge in [-0.05, 0) is 81.1 Å². The zero-order valence-electron chi connectivity index (χ0n) is 21.9. The molecule has 1 N–H and O–H groups in total. The lowest BCUT2D eigenvalue weighted by Gasteiger charge is -2.26. The molecule has 8 heteroatoms. The molecule has 3 rings (SSSR count). The molecule has 0 radical (unpaired) electrons. The van der Waals surface area contributed by atoms with Crippen molar-refractivity contribution in [2.75, 3.05) is 25.1 Å². The summed E-state index contributed by atoms with van der Waals surface area (Å²) in [5, 5.41) is 2.96. The Hall–Kier alpha value is -3.52. The summed E-state index contributed by atoms with van der Waals surface area (Å²) in [6.45, 7) is 9.30. The maximum absolute atomic E-state index is 13.9. The van der Waals surface area contributed by atoms with E-state index in [-0.39, 0.29) is 23.2 Å². The number of carbonyl (C=O) groups is 1. The number of ether oxygens (including phenoxy) is 2. The number of rotatable bonds is 9. The van der Waals surface area contributed by atoms with Crippen LogP contribution in [0.25, 0.3) is 0 Å². The van der Waals surface area contributed by atoms with Gasteiger partial charge in [-0.2, -0.15) is 0 Å². The SMILES string of the molecule is COc1ccc(S(=O)(=O)N(CC(=O)N[C@H](C)c2ccc(C)cc2C)c2cc(C)cc(C)c2)cc1OC. The number of amides is 1. The van der Waals surface area contributed by atoms with Crippen molar-refractivity contribution in [2.45, 2.75) is 45.6 Å². The molecule has 0 aliphatic carbocycles. The van der Waals surface area contributed by atoms with Gasteiger partial charge in [0.15, 0.2) is 11.5 Å². The average Bonchev–Trinajstić information content (AvgIpc) is 2.81. The highest BCUT2D eigenvalue weighted by Gasteiger charge is 2.29. The first kappa shape index (κ1) is 27.1. The Morgan fingerprint density at radius 1 is 0.861 bits per heavy atom. The second kappa shape index (κ2) is 11.0. The summed E-state index contributed by atoms with van der Waals surface area (Å²) >= 11 is 0. The minimum Gasteiger partial charge on any atom is -0.493 e. The molecule has 1 amide bonds. The summed E-state index contributed by atoms with van der Waals surface area (Å²) in [7, 11) is -1.19. The van der Waals surface area contributed by atoms with E-state index < -0.39 is 15.9 Å². The molecule has 192 valence electrons. The third kappa shape index (κ3) is 5.99. The summed E-state index contributed by atoms with van der Waals surface area (Å²) in [5.74, 6) is 0.284. The molecule has 0 aliphatic rings. The van der Waals surface area contributed by atoms with Gasteiger partial charge in [0.1, 0.15) is 6.54 Å².